The molecule has 0 unspecified atom stereocenters. The molecule has 0 aliphatic heterocycles. The van der Waals surface area contributed by atoms with Crippen LogP contribution < -0.4 is 10.1 Å². The minimum absolute atomic E-state index is 0.0699. The van der Waals surface area contributed by atoms with Gasteiger partial charge in [0.1, 0.15) is 5.75 Å². The molecule has 20 heavy (non-hydrogen) atoms. The molecule has 8 heteroatoms. The highest BCUT2D eigenvalue weighted by Crippen LogP contribution is 2.24. The van der Waals surface area contributed by atoms with Gasteiger partial charge < -0.3 is 14.5 Å². The molecule has 0 aliphatic carbocycles. The number of benzene rings is 1. The number of furan rings is 1. The lowest BCUT2D eigenvalue weighted by Gasteiger charge is -2.09. The summed E-state index contributed by atoms with van der Waals surface area (Å²) in [5.74, 6) is -0.912. The zero-order chi connectivity index (χ0) is 14.8. The first-order valence-corrected chi connectivity index (χ1v) is 5.63. The minimum atomic E-state index is -4.75. The zero-order valence-corrected chi connectivity index (χ0v) is 10.5. The molecule has 0 bridgehead atoms. The van der Waals surface area contributed by atoms with Crippen LogP contribution in [0.25, 0.3) is 0 Å². The quantitative estimate of drug-likeness (QED) is 0.929. The van der Waals surface area contributed by atoms with Crippen molar-refractivity contribution in [3.63, 3.8) is 0 Å². The van der Waals surface area contributed by atoms with E-state index in [2.05, 4.69) is 10.1 Å². The number of hydrogen-bond acceptors (Lipinski definition) is 3. The average molecular weight is 306 g/mol. The Balaban J connectivity index is 2.04. The third kappa shape index (κ3) is 3.67. The van der Waals surface area contributed by atoms with Crippen molar-refractivity contribution in [1.29, 1.82) is 0 Å². The van der Waals surface area contributed by atoms with Crippen LogP contribution >= 0.6 is 11.6 Å². The van der Waals surface area contributed by atoms with E-state index in [1.54, 1.807) is 0 Å². The summed E-state index contributed by atoms with van der Waals surface area (Å²) in [6, 6.07) is 6.08. The van der Waals surface area contributed by atoms with Gasteiger partial charge in [0.05, 0.1) is 11.8 Å². The summed E-state index contributed by atoms with van der Waals surface area (Å²) in [5, 5.41) is 2.39. The number of hydrogen-bond donors (Lipinski definition) is 1. The van der Waals surface area contributed by atoms with Crippen LogP contribution in [0.1, 0.15) is 10.4 Å². The number of carbonyl (C=O) groups excluding carboxylic acids is 1. The molecular formula is C12H7ClF3NO3. The monoisotopic (exact) mass is 305 g/mol. The van der Waals surface area contributed by atoms with Crippen molar-refractivity contribution < 1.29 is 27.1 Å². The first kappa shape index (κ1) is 14.3. The number of halogens is 4. The van der Waals surface area contributed by atoms with Crippen molar-refractivity contribution in [3.8, 4) is 5.75 Å². The SMILES string of the molecule is O=C(Nc1ccc(OC(F)(F)F)cc1)c1ccoc1Cl. The van der Waals surface area contributed by atoms with E-state index < -0.39 is 12.3 Å². The molecule has 0 fully saturated rings. The molecule has 0 spiro atoms. The summed E-state index contributed by atoms with van der Waals surface area (Å²) in [7, 11) is 0. The molecule has 0 aliphatic rings. The number of nitrogens with one attached hydrogen (secondary N) is 1. The van der Waals surface area contributed by atoms with E-state index in [-0.39, 0.29) is 16.5 Å². The lowest BCUT2D eigenvalue weighted by atomic mass is 10.2. The molecule has 1 heterocycles. The molecule has 2 rings (SSSR count). The number of anilines is 1. The summed E-state index contributed by atoms with van der Waals surface area (Å²) in [5.41, 5.74) is 0.420. The Kier molecular flexibility index (Phi) is 3.89. The molecular weight excluding hydrogens is 299 g/mol. The van der Waals surface area contributed by atoms with Gasteiger partial charge in [-0.3, -0.25) is 4.79 Å². The summed E-state index contributed by atoms with van der Waals surface area (Å²) < 4.78 is 44.4. The molecule has 1 amide bonds. The highest BCUT2D eigenvalue weighted by Gasteiger charge is 2.30. The number of alkyl halides is 3. The van der Waals surface area contributed by atoms with Crippen LogP contribution in [0.15, 0.2) is 41.0 Å². The summed E-state index contributed by atoms with van der Waals surface area (Å²) in [6.07, 6.45) is -3.51. The van der Waals surface area contributed by atoms with Gasteiger partial charge in [0.15, 0.2) is 0 Å². The van der Waals surface area contributed by atoms with Crippen LogP contribution in [0.2, 0.25) is 5.22 Å². The van der Waals surface area contributed by atoms with Gasteiger partial charge in [-0.25, -0.2) is 0 Å². The Bertz CT molecular complexity index is 607. The smallest absolute Gasteiger partial charge is 0.452 e. The molecule has 0 saturated heterocycles. The first-order valence-electron chi connectivity index (χ1n) is 5.25. The maximum Gasteiger partial charge on any atom is 0.573 e. The summed E-state index contributed by atoms with van der Waals surface area (Å²) in [4.78, 5) is 11.7. The Hall–Kier alpha value is -2.15. The van der Waals surface area contributed by atoms with Gasteiger partial charge in [-0.05, 0) is 41.9 Å². The van der Waals surface area contributed by atoms with E-state index in [9.17, 15) is 18.0 Å². The predicted octanol–water partition coefficient (Wildman–Crippen LogP) is 4.08. The standard InChI is InChI=1S/C12H7ClF3NO3/c13-10-9(5-6-19-10)11(18)17-7-1-3-8(4-2-7)20-12(14,15)16/h1-6H,(H,17,18). The fourth-order valence-electron chi connectivity index (χ4n) is 1.39. The Morgan fingerprint density at radius 1 is 1.20 bits per heavy atom. The van der Waals surface area contributed by atoms with E-state index in [1.165, 1.54) is 24.5 Å². The fourth-order valence-corrected chi connectivity index (χ4v) is 1.59. The van der Waals surface area contributed by atoms with Gasteiger partial charge >= 0.3 is 6.36 Å². The highest BCUT2D eigenvalue weighted by atomic mass is 35.5. The van der Waals surface area contributed by atoms with Crippen molar-refractivity contribution in [3.05, 3.63) is 47.4 Å². The lowest BCUT2D eigenvalue weighted by Crippen LogP contribution is -2.17. The highest BCUT2D eigenvalue weighted by molar-refractivity contribution is 6.32. The number of rotatable bonds is 3. The topological polar surface area (TPSA) is 51.5 Å². The summed E-state index contributed by atoms with van der Waals surface area (Å²) in [6.45, 7) is 0. The van der Waals surface area contributed by atoms with Gasteiger partial charge in [0.25, 0.3) is 5.91 Å². The Morgan fingerprint density at radius 2 is 1.85 bits per heavy atom. The zero-order valence-electron chi connectivity index (χ0n) is 9.70. The van der Waals surface area contributed by atoms with Gasteiger partial charge in [-0.2, -0.15) is 0 Å². The maximum absolute atomic E-state index is 12.0. The van der Waals surface area contributed by atoms with Crippen molar-refractivity contribution in [2.45, 2.75) is 6.36 Å². The molecule has 4 nitrogen and oxygen atoms in total. The van der Waals surface area contributed by atoms with Gasteiger partial charge in [0.2, 0.25) is 5.22 Å². The van der Waals surface area contributed by atoms with Crippen molar-refractivity contribution >= 4 is 23.2 Å². The van der Waals surface area contributed by atoms with Crippen LogP contribution in [0, 0.1) is 0 Å². The van der Waals surface area contributed by atoms with Crippen LogP contribution in [-0.2, 0) is 0 Å². The largest absolute Gasteiger partial charge is 0.573 e. The van der Waals surface area contributed by atoms with E-state index in [4.69, 9.17) is 16.0 Å². The maximum atomic E-state index is 12.0. The number of carbonyl (C=O) groups is 1. The number of amides is 1. The number of ether oxygens (including phenoxy) is 1. The second-order valence-corrected chi connectivity index (χ2v) is 3.98. The molecule has 0 atom stereocenters. The average Bonchev–Trinajstić information content (AvgIpc) is 2.76. The van der Waals surface area contributed by atoms with Gasteiger partial charge in [-0.1, -0.05) is 0 Å². The first-order chi connectivity index (χ1) is 9.35. The van der Waals surface area contributed by atoms with E-state index in [0.717, 1.165) is 12.1 Å². The van der Waals surface area contributed by atoms with E-state index in [0.29, 0.717) is 5.69 Å². The molecule has 0 radical (unpaired) electrons. The van der Waals surface area contributed by atoms with Crippen molar-refractivity contribution in [2.24, 2.45) is 0 Å². The van der Waals surface area contributed by atoms with Gasteiger partial charge in [0, 0.05) is 5.69 Å². The van der Waals surface area contributed by atoms with Gasteiger partial charge in [-0.15, -0.1) is 13.2 Å². The van der Waals surface area contributed by atoms with Crippen LogP contribution in [0.4, 0.5) is 18.9 Å². The van der Waals surface area contributed by atoms with Crippen molar-refractivity contribution in [2.75, 3.05) is 5.32 Å². The third-order valence-electron chi connectivity index (χ3n) is 2.21. The molecule has 0 saturated carbocycles. The molecule has 1 N–H and O–H groups in total. The third-order valence-corrected chi connectivity index (χ3v) is 2.50. The van der Waals surface area contributed by atoms with Crippen LogP contribution in [0.3, 0.4) is 0 Å². The summed E-state index contributed by atoms with van der Waals surface area (Å²) >= 11 is 5.63. The van der Waals surface area contributed by atoms with Crippen molar-refractivity contribution in [1.82, 2.24) is 0 Å². The minimum Gasteiger partial charge on any atom is -0.452 e. The van der Waals surface area contributed by atoms with Crippen LogP contribution in [0.5, 0.6) is 5.75 Å². The Morgan fingerprint density at radius 3 is 2.35 bits per heavy atom. The fraction of sp³-hybridized carbons (Fsp3) is 0.0833. The molecule has 1 aromatic carbocycles. The van der Waals surface area contributed by atoms with E-state index >= 15 is 0 Å². The molecule has 106 valence electrons. The second-order valence-electron chi connectivity index (χ2n) is 3.63. The second kappa shape index (κ2) is 5.46. The van der Waals surface area contributed by atoms with E-state index in [1.807, 2.05) is 0 Å². The molecule has 2 aromatic rings. The normalized spacial score (nSPS) is 11.2. The lowest BCUT2D eigenvalue weighted by molar-refractivity contribution is -0.274. The van der Waals surface area contributed by atoms with Crippen LogP contribution in [-0.4, -0.2) is 12.3 Å². The molecule has 1 aromatic heterocycles. The predicted molar refractivity (Wildman–Crippen MR) is 64.8 cm³/mol. The Labute approximate surface area is 116 Å².